The van der Waals surface area contributed by atoms with Crippen LogP contribution in [0.4, 0.5) is 4.79 Å². The summed E-state index contributed by atoms with van der Waals surface area (Å²) in [6.07, 6.45) is 1.89. The fourth-order valence-corrected chi connectivity index (χ4v) is 6.96. The van der Waals surface area contributed by atoms with Gasteiger partial charge >= 0.3 is 6.09 Å². The molecular weight excluding hydrogens is 789 g/mol. The van der Waals surface area contributed by atoms with Crippen molar-refractivity contribution in [1.82, 2.24) is 45.3 Å². The normalized spacial score (nSPS) is 22.3. The summed E-state index contributed by atoms with van der Waals surface area (Å²) in [6.45, 7) is 8.33. The SMILES string of the molecule is C[C@@H]1CN(C(=O)OC(C)(C)C)C[C@@H](c2cc(Cl)nc(Br)c2)N1.[2H]C([2H])([2H])NC(=O)c1cc(-c2cc([C@@H]3CN(C(=O)C=C)C[C@@H](C)N3C(=O)C([2H])([2H])[2H])cc(Cl)n2)ncn1. The van der Waals surface area contributed by atoms with Gasteiger partial charge < -0.3 is 30.1 Å². The van der Waals surface area contributed by atoms with E-state index in [1.165, 1.54) is 28.0 Å². The minimum atomic E-state index is -2.92. The van der Waals surface area contributed by atoms with Gasteiger partial charge in [-0.15, -0.1) is 0 Å². The minimum absolute atomic E-state index is 0.00642. The first-order chi connectivity index (χ1) is 27.2. The maximum atomic E-state index is 12.9. The summed E-state index contributed by atoms with van der Waals surface area (Å²) < 4.78 is 50.7. The Bertz CT molecular complexity index is 2050. The van der Waals surface area contributed by atoms with Crippen LogP contribution in [0.15, 0.2) is 53.9 Å². The number of nitrogens with zero attached hydrogens (tertiary/aromatic N) is 7. The Balaban J connectivity index is 0.000000297. The fourth-order valence-electron chi connectivity index (χ4n) is 5.96. The molecule has 2 aliphatic heterocycles. The number of aromatic nitrogens is 4. The van der Waals surface area contributed by atoms with E-state index in [-0.39, 0.29) is 59.4 Å². The zero-order valence-corrected chi connectivity index (χ0v) is 32.8. The van der Waals surface area contributed by atoms with Crippen molar-refractivity contribution in [1.29, 1.82) is 0 Å². The van der Waals surface area contributed by atoms with Crippen molar-refractivity contribution >= 4 is 62.9 Å². The molecule has 2 N–H and O–H groups in total. The highest BCUT2D eigenvalue weighted by Gasteiger charge is 2.37. The quantitative estimate of drug-likeness (QED) is 0.244. The maximum absolute atomic E-state index is 12.9. The molecule has 2 saturated heterocycles. The Kier molecular flexibility index (Phi) is 11.2. The van der Waals surface area contributed by atoms with Crippen LogP contribution < -0.4 is 10.6 Å². The van der Waals surface area contributed by atoms with E-state index in [0.717, 1.165) is 18.0 Å². The van der Waals surface area contributed by atoms with Gasteiger partial charge in [0.1, 0.15) is 32.5 Å². The topological polar surface area (TPSA) is 163 Å². The molecule has 3 aromatic heterocycles. The van der Waals surface area contributed by atoms with Crippen molar-refractivity contribution in [3.8, 4) is 11.4 Å². The molecule has 0 unspecified atom stereocenters. The second-order valence-corrected chi connectivity index (χ2v) is 15.0. The second kappa shape index (κ2) is 17.8. The molecule has 0 aliphatic carbocycles. The minimum Gasteiger partial charge on any atom is -0.444 e. The monoisotopic (exact) mass is 837 g/mol. The molecule has 14 nitrogen and oxygen atoms in total. The Morgan fingerprint density at radius 3 is 2.36 bits per heavy atom. The molecule has 0 saturated carbocycles. The third-order valence-electron chi connectivity index (χ3n) is 8.11. The van der Waals surface area contributed by atoms with Gasteiger partial charge in [-0.3, -0.25) is 14.4 Å². The standard InChI is InChI=1S/C21H23ClN6O3.C15H21BrClN3O2/c1-5-20(30)27-9-12(2)28(13(3)29)18(10-27)14-6-16(26-19(22)7-14)15-8-17(21(31)23-4)25-11-24-15;1-9-7-20(14(21)22-15(2,3)4)8-11(18-9)10-5-12(16)19-13(17)6-10/h5-8,11-12,18H,1,9-10H2,2-4H3,(H,23,31);5-6,9,11,18H,7-8H2,1-4H3/t12-,18+;9-,11+/m11/s1/i3D3,4D3;. The van der Waals surface area contributed by atoms with Gasteiger partial charge in [-0.2, -0.15) is 0 Å². The van der Waals surface area contributed by atoms with E-state index in [0.29, 0.717) is 28.4 Å². The molecule has 284 valence electrons. The number of nitrogens with one attached hydrogen (secondary N) is 2. The van der Waals surface area contributed by atoms with E-state index >= 15 is 0 Å². The average Bonchev–Trinajstić information content (AvgIpc) is 3.11. The lowest BCUT2D eigenvalue weighted by Gasteiger charge is -2.45. The number of rotatable bonds is 5. The van der Waals surface area contributed by atoms with Gasteiger partial charge in [-0.1, -0.05) is 29.8 Å². The van der Waals surface area contributed by atoms with Crippen LogP contribution in [0.5, 0.6) is 0 Å². The van der Waals surface area contributed by atoms with Gasteiger partial charge in [0.25, 0.3) is 5.91 Å². The molecule has 5 heterocycles. The Labute approximate surface area is 336 Å². The number of hydrogen-bond acceptors (Lipinski definition) is 10. The van der Waals surface area contributed by atoms with Gasteiger partial charge in [0.2, 0.25) is 11.8 Å². The Morgan fingerprint density at radius 1 is 0.981 bits per heavy atom. The zero-order chi connectivity index (χ0) is 44.2. The van der Waals surface area contributed by atoms with E-state index in [1.54, 1.807) is 11.8 Å². The van der Waals surface area contributed by atoms with Crippen LogP contribution in [0.1, 0.15) is 83.4 Å². The number of halogens is 3. The molecule has 3 aromatic rings. The second-order valence-electron chi connectivity index (χ2n) is 13.4. The molecule has 5 rings (SSSR count). The lowest BCUT2D eigenvalue weighted by molar-refractivity contribution is -0.143. The number of carbonyl (C=O) groups is 4. The summed E-state index contributed by atoms with van der Waals surface area (Å²) in [5.74, 6) is -2.44. The van der Waals surface area contributed by atoms with Crippen LogP contribution in [0, 0.1) is 0 Å². The number of piperazine rings is 2. The zero-order valence-electron chi connectivity index (χ0n) is 35.7. The Morgan fingerprint density at radius 2 is 1.70 bits per heavy atom. The van der Waals surface area contributed by atoms with Crippen molar-refractivity contribution in [2.24, 2.45) is 0 Å². The largest absolute Gasteiger partial charge is 0.444 e. The summed E-state index contributed by atoms with van der Waals surface area (Å²) in [7, 11) is 0. The first-order valence-corrected chi connectivity index (χ1v) is 17.9. The van der Waals surface area contributed by atoms with E-state index in [1.807, 2.05) is 45.1 Å². The van der Waals surface area contributed by atoms with Crippen LogP contribution in [-0.4, -0.2) is 109 Å². The molecule has 0 aromatic carbocycles. The molecule has 2 fully saturated rings. The average molecular weight is 840 g/mol. The molecule has 4 atom stereocenters. The molecule has 2 aliphatic rings. The summed E-state index contributed by atoms with van der Waals surface area (Å²) in [6, 6.07) is 6.48. The van der Waals surface area contributed by atoms with Crippen LogP contribution in [-0.2, 0) is 14.3 Å². The number of carbonyl (C=O) groups excluding carboxylic acids is 4. The molecule has 53 heavy (non-hydrogen) atoms. The molecular formula is C36H44BrCl2N9O5. The predicted molar refractivity (Wildman–Crippen MR) is 205 cm³/mol. The third kappa shape index (κ3) is 11.2. The van der Waals surface area contributed by atoms with Crippen molar-refractivity contribution in [3.05, 3.63) is 81.0 Å². The number of ether oxygens (including phenoxy) is 1. The highest BCUT2D eigenvalue weighted by Crippen LogP contribution is 2.33. The van der Waals surface area contributed by atoms with Crippen molar-refractivity contribution in [2.75, 3.05) is 33.2 Å². The molecule has 0 radical (unpaired) electrons. The molecule has 17 heteroatoms. The van der Waals surface area contributed by atoms with Crippen molar-refractivity contribution in [3.63, 3.8) is 0 Å². The van der Waals surface area contributed by atoms with Crippen LogP contribution in [0.25, 0.3) is 11.4 Å². The number of pyridine rings is 2. The highest BCUT2D eigenvalue weighted by atomic mass is 79.9. The molecule has 0 spiro atoms. The molecule has 0 bridgehead atoms. The molecule has 4 amide bonds. The lowest BCUT2D eigenvalue weighted by Crippen LogP contribution is -2.56. The maximum Gasteiger partial charge on any atom is 0.410 e. The van der Waals surface area contributed by atoms with Gasteiger partial charge in [0, 0.05) is 60.3 Å². The van der Waals surface area contributed by atoms with E-state index in [9.17, 15) is 19.2 Å². The van der Waals surface area contributed by atoms with E-state index in [2.05, 4.69) is 47.8 Å². The number of hydrogen-bond donors (Lipinski definition) is 2. The van der Waals surface area contributed by atoms with Gasteiger partial charge in [0.05, 0.1) is 23.5 Å². The first kappa shape index (κ1) is 33.4. The van der Waals surface area contributed by atoms with E-state index < -0.39 is 43.3 Å². The lowest BCUT2D eigenvalue weighted by atomic mass is 9.98. The summed E-state index contributed by atoms with van der Waals surface area (Å²) >= 11 is 15.6. The number of amides is 4. The fraction of sp³-hybridized carbons (Fsp3) is 0.444. The summed E-state index contributed by atoms with van der Waals surface area (Å²) in [5, 5.41) is 5.70. The van der Waals surface area contributed by atoms with Crippen molar-refractivity contribution in [2.45, 2.75) is 71.2 Å². The van der Waals surface area contributed by atoms with Crippen LogP contribution in [0.3, 0.4) is 0 Å². The summed E-state index contributed by atoms with van der Waals surface area (Å²) in [5.41, 5.74) is 0.890. The highest BCUT2D eigenvalue weighted by molar-refractivity contribution is 9.10. The summed E-state index contributed by atoms with van der Waals surface area (Å²) in [4.78, 5) is 70.4. The smallest absolute Gasteiger partial charge is 0.410 e. The predicted octanol–water partition coefficient (Wildman–Crippen LogP) is 5.63. The van der Waals surface area contributed by atoms with Gasteiger partial charge in [-0.05, 0) is 98.1 Å². The third-order valence-corrected chi connectivity index (χ3v) is 8.90. The van der Waals surface area contributed by atoms with Gasteiger partial charge in [-0.25, -0.2) is 24.7 Å². The van der Waals surface area contributed by atoms with Gasteiger partial charge in [0.15, 0.2) is 0 Å². The van der Waals surface area contributed by atoms with Crippen LogP contribution >= 0.6 is 39.1 Å². The van der Waals surface area contributed by atoms with E-state index in [4.69, 9.17) is 36.2 Å². The van der Waals surface area contributed by atoms with Crippen molar-refractivity contribution < 1.29 is 32.1 Å². The Hall–Kier alpha value is -4.18. The first-order valence-electron chi connectivity index (χ1n) is 19.4. The van der Waals surface area contributed by atoms with Crippen LogP contribution in [0.2, 0.25) is 10.3 Å².